The van der Waals surface area contributed by atoms with Crippen LogP contribution in [0, 0.1) is 11.3 Å². The molecule has 0 aliphatic heterocycles. The molecule has 0 aromatic rings. The van der Waals surface area contributed by atoms with Gasteiger partial charge in [-0.1, -0.05) is 0 Å². The number of hydrogen-bond donors (Lipinski definition) is 1. The van der Waals surface area contributed by atoms with E-state index in [9.17, 15) is 4.79 Å². The van der Waals surface area contributed by atoms with Crippen LogP contribution in [0.2, 0.25) is 0 Å². The molecule has 0 spiro atoms. The van der Waals surface area contributed by atoms with E-state index < -0.39 is 12.0 Å². The minimum atomic E-state index is -0.908. The van der Waals surface area contributed by atoms with Gasteiger partial charge in [-0.3, -0.25) is 9.69 Å². The van der Waals surface area contributed by atoms with Crippen molar-refractivity contribution in [3.8, 4) is 6.07 Å². The van der Waals surface area contributed by atoms with Crippen molar-refractivity contribution < 1.29 is 9.90 Å². The van der Waals surface area contributed by atoms with Gasteiger partial charge in [0.2, 0.25) is 0 Å². The van der Waals surface area contributed by atoms with Crippen molar-refractivity contribution in [1.82, 2.24) is 4.90 Å². The van der Waals surface area contributed by atoms with Crippen molar-refractivity contribution in [2.24, 2.45) is 0 Å². The fraction of sp³-hybridized carbons (Fsp3) is 0.714. The van der Waals surface area contributed by atoms with Crippen LogP contribution in [0.4, 0.5) is 0 Å². The van der Waals surface area contributed by atoms with Gasteiger partial charge in [0.25, 0.3) is 0 Å². The molecule has 62 valence electrons. The maximum absolute atomic E-state index is 10.4. The number of nitriles is 1. The Kier molecular flexibility index (Phi) is 3.55. The quantitative estimate of drug-likeness (QED) is 0.638. The highest BCUT2D eigenvalue weighted by Crippen LogP contribution is 2.00. The summed E-state index contributed by atoms with van der Waals surface area (Å²) in [5.41, 5.74) is 0. The maximum Gasteiger partial charge on any atom is 0.320 e. The number of nitrogens with zero attached hydrogens (tertiary/aromatic N) is 2. The normalized spacial score (nSPS) is 15.5. The van der Waals surface area contributed by atoms with E-state index in [4.69, 9.17) is 10.4 Å². The third-order valence-electron chi connectivity index (χ3n) is 1.77. The van der Waals surface area contributed by atoms with E-state index in [1.54, 1.807) is 20.9 Å². The van der Waals surface area contributed by atoms with Gasteiger partial charge >= 0.3 is 5.97 Å². The first-order chi connectivity index (χ1) is 5.00. The van der Waals surface area contributed by atoms with Crippen molar-refractivity contribution in [2.75, 3.05) is 7.05 Å². The number of rotatable bonds is 3. The second-order valence-electron chi connectivity index (χ2n) is 2.48. The molecule has 0 amide bonds. The molecular weight excluding hydrogens is 144 g/mol. The first-order valence-electron chi connectivity index (χ1n) is 3.35. The molecule has 0 saturated carbocycles. The fourth-order valence-electron chi connectivity index (χ4n) is 0.601. The summed E-state index contributed by atoms with van der Waals surface area (Å²) in [7, 11) is 1.62. The highest BCUT2D eigenvalue weighted by Gasteiger charge is 2.20. The number of likely N-dealkylation sites (N-methyl/N-ethyl adjacent to an activating group) is 1. The highest BCUT2D eigenvalue weighted by molar-refractivity contribution is 5.72. The summed E-state index contributed by atoms with van der Waals surface area (Å²) in [4.78, 5) is 11.9. The second-order valence-corrected chi connectivity index (χ2v) is 2.48. The minimum Gasteiger partial charge on any atom is -0.480 e. The van der Waals surface area contributed by atoms with Gasteiger partial charge in [0.15, 0.2) is 0 Å². The molecule has 4 heteroatoms. The van der Waals surface area contributed by atoms with Gasteiger partial charge in [0, 0.05) is 0 Å². The SMILES string of the molecule is CC(C#N)N(C)C(C)C(=O)O. The molecule has 0 radical (unpaired) electrons. The predicted molar refractivity (Wildman–Crippen MR) is 39.9 cm³/mol. The monoisotopic (exact) mass is 156 g/mol. The van der Waals surface area contributed by atoms with E-state index in [1.807, 2.05) is 6.07 Å². The van der Waals surface area contributed by atoms with Gasteiger partial charge < -0.3 is 5.11 Å². The van der Waals surface area contributed by atoms with Gasteiger partial charge in [0.1, 0.15) is 6.04 Å². The van der Waals surface area contributed by atoms with E-state index in [0.717, 1.165) is 0 Å². The molecule has 0 heterocycles. The van der Waals surface area contributed by atoms with E-state index in [0.29, 0.717) is 0 Å². The van der Waals surface area contributed by atoms with E-state index >= 15 is 0 Å². The van der Waals surface area contributed by atoms with Crippen molar-refractivity contribution in [2.45, 2.75) is 25.9 Å². The van der Waals surface area contributed by atoms with Crippen LogP contribution in [-0.2, 0) is 4.79 Å². The van der Waals surface area contributed by atoms with Crippen LogP contribution in [0.1, 0.15) is 13.8 Å². The summed E-state index contributed by atoms with van der Waals surface area (Å²) in [6.07, 6.45) is 0. The van der Waals surface area contributed by atoms with Crippen LogP contribution in [-0.4, -0.2) is 35.1 Å². The number of carboxylic acid groups (broad SMARTS) is 1. The van der Waals surface area contributed by atoms with Crippen molar-refractivity contribution in [3.05, 3.63) is 0 Å². The van der Waals surface area contributed by atoms with Crippen LogP contribution in [0.25, 0.3) is 0 Å². The molecule has 4 nitrogen and oxygen atoms in total. The Morgan fingerprint density at radius 1 is 1.64 bits per heavy atom. The van der Waals surface area contributed by atoms with Crippen molar-refractivity contribution in [3.63, 3.8) is 0 Å². The Morgan fingerprint density at radius 2 is 2.09 bits per heavy atom. The van der Waals surface area contributed by atoms with Gasteiger partial charge in [-0.2, -0.15) is 5.26 Å². The van der Waals surface area contributed by atoms with Gasteiger partial charge in [-0.15, -0.1) is 0 Å². The summed E-state index contributed by atoms with van der Waals surface area (Å²) >= 11 is 0. The van der Waals surface area contributed by atoms with Crippen LogP contribution in [0.3, 0.4) is 0 Å². The van der Waals surface area contributed by atoms with Crippen LogP contribution >= 0.6 is 0 Å². The molecule has 0 rings (SSSR count). The average molecular weight is 156 g/mol. The van der Waals surface area contributed by atoms with Crippen LogP contribution in [0.5, 0.6) is 0 Å². The lowest BCUT2D eigenvalue weighted by atomic mass is 10.2. The van der Waals surface area contributed by atoms with Crippen molar-refractivity contribution in [1.29, 1.82) is 5.26 Å². The van der Waals surface area contributed by atoms with Gasteiger partial charge in [0.05, 0.1) is 12.1 Å². The molecule has 0 aliphatic rings. The first kappa shape index (κ1) is 9.92. The number of hydrogen-bond acceptors (Lipinski definition) is 3. The second kappa shape index (κ2) is 3.94. The topological polar surface area (TPSA) is 64.3 Å². The molecular formula is C7H12N2O2. The fourth-order valence-corrected chi connectivity index (χ4v) is 0.601. The first-order valence-corrected chi connectivity index (χ1v) is 3.35. The lowest BCUT2D eigenvalue weighted by Gasteiger charge is -2.22. The molecule has 0 saturated heterocycles. The summed E-state index contributed by atoms with van der Waals surface area (Å²) in [5.74, 6) is -0.908. The lowest BCUT2D eigenvalue weighted by molar-refractivity contribution is -0.142. The average Bonchev–Trinajstić information content (AvgIpc) is 2.00. The van der Waals surface area contributed by atoms with Gasteiger partial charge in [-0.25, -0.2) is 0 Å². The number of aliphatic carboxylic acids is 1. The standard InChI is InChI=1S/C7H12N2O2/c1-5(4-8)9(3)6(2)7(10)11/h5-6H,1-3H3,(H,10,11). The largest absolute Gasteiger partial charge is 0.480 e. The molecule has 2 unspecified atom stereocenters. The van der Waals surface area contributed by atoms with E-state index in [-0.39, 0.29) is 6.04 Å². The summed E-state index contributed by atoms with van der Waals surface area (Å²) < 4.78 is 0. The Bertz CT molecular complexity index is 185. The Morgan fingerprint density at radius 3 is 2.36 bits per heavy atom. The zero-order chi connectivity index (χ0) is 9.02. The summed E-state index contributed by atoms with van der Waals surface area (Å²) in [6.45, 7) is 3.22. The van der Waals surface area contributed by atoms with Crippen LogP contribution < -0.4 is 0 Å². The molecule has 2 atom stereocenters. The molecule has 0 bridgehead atoms. The molecule has 0 aromatic carbocycles. The Hall–Kier alpha value is -1.08. The summed E-state index contributed by atoms with van der Waals surface area (Å²) in [6, 6.07) is 0.996. The molecule has 11 heavy (non-hydrogen) atoms. The zero-order valence-electron chi connectivity index (χ0n) is 6.90. The third kappa shape index (κ3) is 2.56. The molecule has 0 fully saturated rings. The summed E-state index contributed by atoms with van der Waals surface area (Å²) in [5, 5.41) is 17.0. The van der Waals surface area contributed by atoms with E-state index in [2.05, 4.69) is 0 Å². The smallest absolute Gasteiger partial charge is 0.320 e. The molecule has 0 aromatic heterocycles. The number of carboxylic acids is 1. The lowest BCUT2D eigenvalue weighted by Crippen LogP contribution is -2.40. The molecule has 1 N–H and O–H groups in total. The maximum atomic E-state index is 10.4. The van der Waals surface area contributed by atoms with Crippen LogP contribution in [0.15, 0.2) is 0 Å². The third-order valence-corrected chi connectivity index (χ3v) is 1.77. The van der Waals surface area contributed by atoms with Crippen molar-refractivity contribution >= 4 is 5.97 Å². The van der Waals surface area contributed by atoms with Gasteiger partial charge in [-0.05, 0) is 20.9 Å². The molecule has 0 aliphatic carbocycles. The Labute approximate surface area is 66.0 Å². The zero-order valence-corrected chi connectivity index (χ0v) is 6.90. The minimum absolute atomic E-state index is 0.360. The predicted octanol–water partition coefficient (Wildman–Crippen LogP) is 0.303. The number of carbonyl (C=O) groups is 1. The van der Waals surface area contributed by atoms with E-state index in [1.165, 1.54) is 4.90 Å². The Balaban J connectivity index is 4.15. The highest BCUT2D eigenvalue weighted by atomic mass is 16.4.